The van der Waals surface area contributed by atoms with Gasteiger partial charge >= 0.3 is 6.16 Å². The van der Waals surface area contributed by atoms with Crippen molar-refractivity contribution in [3.63, 3.8) is 0 Å². The van der Waals surface area contributed by atoms with Crippen LogP contribution in [0.1, 0.15) is 64.3 Å². The first-order valence-corrected chi connectivity index (χ1v) is 14.6. The molecule has 2 heterocycles. The largest absolute Gasteiger partial charge is 0.513 e. The third kappa shape index (κ3) is 6.24. The van der Waals surface area contributed by atoms with Crippen LogP contribution in [0.4, 0.5) is 9.18 Å². The molecule has 0 saturated heterocycles. The second kappa shape index (κ2) is 13.8. The van der Waals surface area contributed by atoms with Crippen LogP contribution in [0.25, 0.3) is 10.9 Å². The summed E-state index contributed by atoms with van der Waals surface area (Å²) in [5, 5.41) is 0.286. The molecule has 1 aliphatic rings. The van der Waals surface area contributed by atoms with Crippen molar-refractivity contribution < 1.29 is 33.0 Å². The number of fused-ring (bicyclic) bond motifs is 2. The van der Waals surface area contributed by atoms with E-state index >= 15 is 0 Å². The Morgan fingerprint density at radius 2 is 1.38 bits per heavy atom. The highest BCUT2D eigenvalue weighted by Crippen LogP contribution is 2.46. The summed E-state index contributed by atoms with van der Waals surface area (Å²) in [6, 6.07) is 27.6. The fourth-order valence-corrected chi connectivity index (χ4v) is 5.09. The summed E-state index contributed by atoms with van der Waals surface area (Å²) in [4.78, 5) is 46.2. The van der Waals surface area contributed by atoms with E-state index in [1.165, 1.54) is 30.5 Å². The molecule has 9 heteroatoms. The number of hydrogen-bond acceptors (Lipinski definition) is 7. The highest BCUT2D eigenvalue weighted by molar-refractivity contribution is 6.27. The molecular weight excluding hydrogens is 575 g/mol. The van der Waals surface area contributed by atoms with Crippen molar-refractivity contribution >= 4 is 28.9 Å². The number of imide groups is 1. The van der Waals surface area contributed by atoms with E-state index in [0.29, 0.717) is 5.56 Å². The Morgan fingerprint density at radius 1 is 0.800 bits per heavy atom. The van der Waals surface area contributed by atoms with Crippen LogP contribution in [0.3, 0.4) is 0 Å². The quantitative estimate of drug-likeness (QED) is 0.101. The molecule has 45 heavy (non-hydrogen) atoms. The predicted octanol–water partition coefficient (Wildman–Crippen LogP) is 7.90. The van der Waals surface area contributed by atoms with E-state index < -0.39 is 29.9 Å². The van der Waals surface area contributed by atoms with Gasteiger partial charge in [0.25, 0.3) is 11.8 Å². The van der Waals surface area contributed by atoms with E-state index in [4.69, 9.17) is 14.2 Å². The third-order valence-electron chi connectivity index (χ3n) is 7.03. The van der Waals surface area contributed by atoms with Crippen molar-refractivity contribution in [2.24, 2.45) is 0 Å². The highest BCUT2D eigenvalue weighted by Gasteiger charge is 2.44. The van der Waals surface area contributed by atoms with Gasteiger partial charge in [-0.3, -0.25) is 19.5 Å². The number of nitrogens with zero attached hydrogens (tertiary/aromatic N) is 2. The maximum absolute atomic E-state index is 14.1. The number of benzene rings is 4. The second-order valence-electron chi connectivity index (χ2n) is 9.74. The maximum Gasteiger partial charge on any atom is 0.513 e. The first-order valence-electron chi connectivity index (χ1n) is 14.6. The molecule has 0 saturated carbocycles. The van der Waals surface area contributed by atoms with Crippen molar-refractivity contribution in [2.75, 3.05) is 6.61 Å². The second-order valence-corrected chi connectivity index (χ2v) is 9.74. The van der Waals surface area contributed by atoms with Gasteiger partial charge in [0.15, 0.2) is 11.5 Å². The number of aromatic nitrogens is 1. The zero-order valence-corrected chi connectivity index (χ0v) is 25.0. The van der Waals surface area contributed by atoms with Gasteiger partial charge in [-0.1, -0.05) is 86.6 Å². The Morgan fingerprint density at radius 3 is 1.96 bits per heavy atom. The molecule has 6 rings (SSSR count). The number of halogens is 1. The van der Waals surface area contributed by atoms with Gasteiger partial charge in [0.1, 0.15) is 28.6 Å². The zero-order chi connectivity index (χ0) is 31.9. The van der Waals surface area contributed by atoms with E-state index in [0.717, 1.165) is 16.0 Å². The normalized spacial score (nSPS) is 12.1. The summed E-state index contributed by atoms with van der Waals surface area (Å²) in [7, 11) is 0. The Balaban J connectivity index is 0.00000196. The van der Waals surface area contributed by atoms with Crippen LogP contribution < -0.4 is 9.47 Å². The van der Waals surface area contributed by atoms with Gasteiger partial charge < -0.3 is 14.2 Å². The Hall–Kier alpha value is -5.57. The van der Waals surface area contributed by atoms with Crippen molar-refractivity contribution in [1.82, 2.24) is 9.88 Å². The monoisotopic (exact) mass is 606 g/mol. The van der Waals surface area contributed by atoms with Crippen LogP contribution in [0.15, 0.2) is 103 Å². The van der Waals surface area contributed by atoms with E-state index in [-0.39, 0.29) is 46.7 Å². The molecule has 2 amide bonds. The first-order chi connectivity index (χ1) is 22.0. The molecule has 8 nitrogen and oxygen atoms in total. The fraction of sp³-hybridized carbons (Fsp3) is 0.167. The lowest BCUT2D eigenvalue weighted by atomic mass is 9.99. The van der Waals surface area contributed by atoms with Crippen molar-refractivity contribution in [2.45, 2.75) is 33.4 Å². The summed E-state index contributed by atoms with van der Waals surface area (Å²) in [6.07, 6.45) is -0.192. The third-order valence-corrected chi connectivity index (χ3v) is 7.03. The lowest BCUT2D eigenvalue weighted by molar-refractivity contribution is 0.0640. The molecule has 0 radical (unpaired) electrons. The van der Waals surface area contributed by atoms with Gasteiger partial charge in [-0.25, -0.2) is 9.18 Å². The Labute approximate surface area is 260 Å². The van der Waals surface area contributed by atoms with Gasteiger partial charge in [-0.2, -0.15) is 0 Å². The fourth-order valence-electron chi connectivity index (χ4n) is 5.09. The van der Waals surface area contributed by atoms with Crippen molar-refractivity contribution in [3.8, 4) is 11.5 Å². The zero-order valence-electron chi connectivity index (χ0n) is 25.0. The molecular formula is C36H31FN2O6. The number of pyridine rings is 1. The Bertz CT molecular complexity index is 1790. The minimum absolute atomic E-state index is 0.0395. The molecule has 0 aliphatic carbocycles. The maximum atomic E-state index is 14.1. The molecule has 0 bridgehead atoms. The summed E-state index contributed by atoms with van der Waals surface area (Å²) in [5.41, 5.74) is 2.13. The molecule has 1 aliphatic heterocycles. The van der Waals surface area contributed by atoms with Crippen LogP contribution in [0.5, 0.6) is 11.5 Å². The molecule has 5 aromatic rings. The number of hydrogen-bond donors (Lipinski definition) is 0. The molecule has 0 N–H and O–H groups in total. The van der Waals surface area contributed by atoms with Crippen LogP contribution in [0, 0.1) is 5.82 Å². The number of carbonyl (C=O) groups excluding carboxylic acids is 3. The van der Waals surface area contributed by atoms with Crippen LogP contribution in [-0.4, -0.2) is 34.5 Å². The number of amides is 2. The SMILES string of the molecule is CC.CCOC(=O)Oc1c2c(c(OC(c3ccccc3)c3ccccc3)c3ncccc13)C(=O)N(Cc1ccc(F)cc1)C2=O. The average Bonchev–Trinajstić information content (AvgIpc) is 3.32. The van der Waals surface area contributed by atoms with Gasteiger partial charge in [-0.05, 0) is 47.9 Å². The summed E-state index contributed by atoms with van der Waals surface area (Å²) < 4.78 is 30.9. The molecule has 0 atom stereocenters. The molecule has 0 spiro atoms. The molecule has 4 aromatic carbocycles. The summed E-state index contributed by atoms with van der Waals surface area (Å²) >= 11 is 0. The van der Waals surface area contributed by atoms with Crippen LogP contribution >= 0.6 is 0 Å². The smallest absolute Gasteiger partial charge is 0.478 e. The van der Waals surface area contributed by atoms with Crippen LogP contribution in [0.2, 0.25) is 0 Å². The number of ether oxygens (including phenoxy) is 3. The topological polar surface area (TPSA) is 95.0 Å². The Kier molecular flexibility index (Phi) is 9.48. The van der Waals surface area contributed by atoms with Gasteiger partial charge in [0.05, 0.1) is 13.2 Å². The lowest BCUT2D eigenvalue weighted by Gasteiger charge is -2.23. The summed E-state index contributed by atoms with van der Waals surface area (Å²) in [5.74, 6) is -1.90. The van der Waals surface area contributed by atoms with Crippen LogP contribution in [-0.2, 0) is 11.3 Å². The van der Waals surface area contributed by atoms with Gasteiger partial charge in [0.2, 0.25) is 0 Å². The highest BCUT2D eigenvalue weighted by atomic mass is 19.1. The lowest BCUT2D eigenvalue weighted by Crippen LogP contribution is -2.29. The molecule has 0 fully saturated rings. The van der Waals surface area contributed by atoms with Gasteiger partial charge in [0, 0.05) is 11.6 Å². The van der Waals surface area contributed by atoms with Crippen molar-refractivity contribution in [3.05, 3.63) is 137 Å². The number of carbonyl (C=O) groups is 3. The minimum Gasteiger partial charge on any atom is -0.478 e. The van der Waals surface area contributed by atoms with E-state index in [9.17, 15) is 18.8 Å². The predicted molar refractivity (Wildman–Crippen MR) is 167 cm³/mol. The van der Waals surface area contributed by atoms with Crippen molar-refractivity contribution in [1.29, 1.82) is 0 Å². The van der Waals surface area contributed by atoms with E-state index in [1.807, 2.05) is 74.5 Å². The minimum atomic E-state index is -1.03. The van der Waals surface area contributed by atoms with Gasteiger partial charge in [-0.15, -0.1) is 0 Å². The molecule has 0 unspecified atom stereocenters. The summed E-state index contributed by atoms with van der Waals surface area (Å²) in [6.45, 7) is 5.52. The standard InChI is InChI=1S/C34H25FN2O6.C2H6/c1-2-41-34(40)43-30-25-14-9-19-36-28(25)31(42-29(22-10-5-3-6-11-22)23-12-7-4-8-13-23)27-26(30)32(38)37(33(27)39)20-21-15-17-24(35)18-16-21;1-2/h3-19,29H,2,20H2,1H3;1-2H3. The molecule has 1 aromatic heterocycles. The van der Waals surface area contributed by atoms with E-state index in [2.05, 4.69) is 4.98 Å². The first kappa shape index (κ1) is 30.9. The average molecular weight is 607 g/mol. The number of rotatable bonds is 8. The molecule has 228 valence electrons. The van der Waals surface area contributed by atoms with E-state index in [1.54, 1.807) is 19.1 Å².